The Balaban J connectivity index is 2.01. The van der Waals surface area contributed by atoms with Crippen LogP contribution in [0.1, 0.15) is 10.4 Å². The summed E-state index contributed by atoms with van der Waals surface area (Å²) in [5, 5.41) is 6.93. The summed E-state index contributed by atoms with van der Waals surface area (Å²) in [5.74, 6) is -0.149. The lowest BCUT2D eigenvalue weighted by Gasteiger charge is -2.00. The van der Waals surface area contributed by atoms with Crippen LogP contribution in [0.4, 0.5) is 0 Å². The van der Waals surface area contributed by atoms with E-state index in [-0.39, 0.29) is 5.91 Å². The third-order valence-corrected chi connectivity index (χ3v) is 2.55. The van der Waals surface area contributed by atoms with Crippen molar-refractivity contribution in [1.82, 2.24) is 15.1 Å². The second-order valence-corrected chi connectivity index (χ2v) is 3.93. The van der Waals surface area contributed by atoms with E-state index in [0.29, 0.717) is 18.7 Å². The summed E-state index contributed by atoms with van der Waals surface area (Å²) in [6, 6.07) is 9.64. The fourth-order valence-electron chi connectivity index (χ4n) is 1.60. The smallest absolute Gasteiger partial charge is 0.254 e. The maximum Gasteiger partial charge on any atom is 0.254 e. The normalized spacial score (nSPS) is 10.8. The summed E-state index contributed by atoms with van der Waals surface area (Å²) in [7, 11) is 0. The number of hydrogen-bond donors (Lipinski definition) is 2. The third kappa shape index (κ3) is 3.53. The van der Waals surface area contributed by atoms with Crippen LogP contribution in [-0.4, -0.2) is 28.8 Å². The summed E-state index contributed by atoms with van der Waals surface area (Å²) in [4.78, 5) is 11.8. The Morgan fingerprint density at radius 2 is 2.11 bits per heavy atom. The fourth-order valence-corrected chi connectivity index (χ4v) is 1.60. The van der Waals surface area contributed by atoms with Crippen LogP contribution in [0.3, 0.4) is 0 Å². The summed E-state index contributed by atoms with van der Waals surface area (Å²) in [6.07, 6.45) is 6.87. The van der Waals surface area contributed by atoms with Crippen LogP contribution in [0, 0.1) is 0 Å². The minimum absolute atomic E-state index is 0.149. The predicted molar refractivity (Wildman–Crippen MR) is 74.1 cm³/mol. The minimum atomic E-state index is -0.149. The zero-order chi connectivity index (χ0) is 13.5. The maximum atomic E-state index is 11.8. The molecule has 0 aliphatic rings. The molecule has 1 aromatic heterocycles. The highest BCUT2D eigenvalue weighted by atomic mass is 16.1. The van der Waals surface area contributed by atoms with Crippen LogP contribution in [-0.2, 0) is 0 Å². The number of carbonyl (C=O) groups is 1. The Morgan fingerprint density at radius 3 is 2.84 bits per heavy atom. The van der Waals surface area contributed by atoms with Crippen molar-refractivity contribution in [1.29, 1.82) is 0 Å². The zero-order valence-electron chi connectivity index (χ0n) is 10.5. The lowest BCUT2D eigenvalue weighted by Crippen LogP contribution is -2.23. The van der Waals surface area contributed by atoms with E-state index >= 15 is 0 Å². The second kappa shape index (κ2) is 6.51. The molecule has 1 aromatic carbocycles. The van der Waals surface area contributed by atoms with Crippen LogP contribution >= 0.6 is 0 Å². The van der Waals surface area contributed by atoms with E-state index in [1.807, 2.05) is 36.4 Å². The van der Waals surface area contributed by atoms with Crippen molar-refractivity contribution in [3.63, 3.8) is 0 Å². The van der Waals surface area contributed by atoms with Crippen molar-refractivity contribution in [2.24, 2.45) is 5.73 Å². The van der Waals surface area contributed by atoms with Crippen molar-refractivity contribution in [3.8, 4) is 5.69 Å². The van der Waals surface area contributed by atoms with Gasteiger partial charge in [0.1, 0.15) is 0 Å². The summed E-state index contributed by atoms with van der Waals surface area (Å²) < 4.78 is 1.67. The number of amides is 1. The van der Waals surface area contributed by atoms with E-state index in [0.717, 1.165) is 5.69 Å². The molecule has 19 heavy (non-hydrogen) atoms. The molecule has 2 rings (SSSR count). The highest BCUT2D eigenvalue weighted by Gasteiger charge is 2.07. The minimum Gasteiger partial charge on any atom is -0.348 e. The Hall–Kier alpha value is -2.40. The van der Waals surface area contributed by atoms with Gasteiger partial charge in [-0.1, -0.05) is 30.4 Å². The average Bonchev–Trinajstić information content (AvgIpc) is 2.94. The van der Waals surface area contributed by atoms with Gasteiger partial charge in [-0.25, -0.2) is 4.68 Å². The number of carbonyl (C=O) groups excluding carboxylic acids is 1. The Kier molecular flexibility index (Phi) is 4.47. The molecule has 0 bridgehead atoms. The van der Waals surface area contributed by atoms with Crippen LogP contribution in [0.15, 0.2) is 54.9 Å². The Labute approximate surface area is 111 Å². The number of nitrogens with zero attached hydrogens (tertiary/aromatic N) is 2. The molecule has 5 heteroatoms. The highest BCUT2D eigenvalue weighted by molar-refractivity contribution is 5.93. The van der Waals surface area contributed by atoms with Gasteiger partial charge in [0.25, 0.3) is 5.91 Å². The van der Waals surface area contributed by atoms with Gasteiger partial charge in [-0.15, -0.1) is 0 Å². The molecule has 0 fully saturated rings. The molecule has 0 spiro atoms. The standard InChI is InChI=1S/C14H16N4O/c15-8-4-5-9-16-14(19)12-10-17-18(11-12)13-6-2-1-3-7-13/h1-7,10-11H,8-9,15H2,(H,16,19)/b5-4+. The zero-order valence-corrected chi connectivity index (χ0v) is 10.5. The first-order valence-corrected chi connectivity index (χ1v) is 6.04. The molecule has 0 saturated carbocycles. The van der Waals surface area contributed by atoms with Crippen LogP contribution in [0.25, 0.3) is 5.69 Å². The van der Waals surface area contributed by atoms with Gasteiger partial charge < -0.3 is 11.1 Å². The SMILES string of the molecule is NC/C=C/CNC(=O)c1cnn(-c2ccccc2)c1. The van der Waals surface area contributed by atoms with Gasteiger partial charge in [-0.2, -0.15) is 5.10 Å². The van der Waals surface area contributed by atoms with E-state index in [2.05, 4.69) is 10.4 Å². The summed E-state index contributed by atoms with van der Waals surface area (Å²) in [6.45, 7) is 0.939. The average molecular weight is 256 g/mol. The number of nitrogens with two attached hydrogens (primary N) is 1. The van der Waals surface area contributed by atoms with Gasteiger partial charge in [0.05, 0.1) is 17.4 Å². The summed E-state index contributed by atoms with van der Waals surface area (Å²) in [5.41, 5.74) is 6.76. The molecule has 0 unspecified atom stereocenters. The molecule has 0 saturated heterocycles. The van der Waals surface area contributed by atoms with E-state index in [4.69, 9.17) is 5.73 Å². The molecule has 1 heterocycles. The lowest BCUT2D eigenvalue weighted by atomic mass is 10.3. The lowest BCUT2D eigenvalue weighted by molar-refractivity contribution is 0.0958. The number of nitrogens with one attached hydrogen (secondary N) is 1. The van der Waals surface area contributed by atoms with Gasteiger partial charge >= 0.3 is 0 Å². The van der Waals surface area contributed by atoms with Gasteiger partial charge in [0.2, 0.25) is 0 Å². The quantitative estimate of drug-likeness (QED) is 0.787. The van der Waals surface area contributed by atoms with E-state index in [1.54, 1.807) is 23.2 Å². The largest absolute Gasteiger partial charge is 0.348 e. The van der Waals surface area contributed by atoms with E-state index in [1.165, 1.54) is 0 Å². The Bertz CT molecular complexity index is 560. The molecule has 3 N–H and O–H groups in total. The molecular weight excluding hydrogens is 240 g/mol. The molecule has 2 aromatic rings. The van der Waals surface area contributed by atoms with Gasteiger partial charge in [0.15, 0.2) is 0 Å². The second-order valence-electron chi connectivity index (χ2n) is 3.93. The molecule has 5 nitrogen and oxygen atoms in total. The third-order valence-electron chi connectivity index (χ3n) is 2.55. The van der Waals surface area contributed by atoms with E-state index < -0.39 is 0 Å². The maximum absolute atomic E-state index is 11.8. The van der Waals surface area contributed by atoms with Crippen LogP contribution in [0.5, 0.6) is 0 Å². The summed E-state index contributed by atoms with van der Waals surface area (Å²) >= 11 is 0. The number of rotatable bonds is 5. The predicted octanol–water partition coefficient (Wildman–Crippen LogP) is 1.12. The number of benzene rings is 1. The first-order chi connectivity index (χ1) is 9.31. The van der Waals surface area contributed by atoms with Gasteiger partial charge in [0, 0.05) is 19.3 Å². The van der Waals surface area contributed by atoms with Crippen LogP contribution in [0.2, 0.25) is 0 Å². The molecule has 0 atom stereocenters. The van der Waals surface area contributed by atoms with E-state index in [9.17, 15) is 4.79 Å². The molecular formula is C14H16N4O. The first kappa shape index (κ1) is 13.0. The van der Waals surface area contributed by atoms with Gasteiger partial charge in [-0.3, -0.25) is 4.79 Å². The van der Waals surface area contributed by atoms with Crippen molar-refractivity contribution < 1.29 is 4.79 Å². The van der Waals surface area contributed by atoms with Gasteiger partial charge in [-0.05, 0) is 12.1 Å². The topological polar surface area (TPSA) is 72.9 Å². The van der Waals surface area contributed by atoms with Crippen molar-refractivity contribution in [3.05, 3.63) is 60.4 Å². The van der Waals surface area contributed by atoms with Crippen molar-refractivity contribution >= 4 is 5.91 Å². The van der Waals surface area contributed by atoms with Crippen LogP contribution < -0.4 is 11.1 Å². The monoisotopic (exact) mass is 256 g/mol. The number of aromatic nitrogens is 2. The molecule has 0 radical (unpaired) electrons. The molecule has 1 amide bonds. The number of para-hydroxylation sites is 1. The molecule has 0 aliphatic carbocycles. The highest BCUT2D eigenvalue weighted by Crippen LogP contribution is 2.07. The number of hydrogen-bond acceptors (Lipinski definition) is 3. The Morgan fingerprint density at radius 1 is 1.32 bits per heavy atom. The first-order valence-electron chi connectivity index (χ1n) is 6.04. The van der Waals surface area contributed by atoms with Crippen molar-refractivity contribution in [2.75, 3.05) is 13.1 Å². The molecule has 98 valence electrons. The molecule has 0 aliphatic heterocycles. The van der Waals surface area contributed by atoms with Crippen molar-refractivity contribution in [2.45, 2.75) is 0 Å². The fraction of sp³-hybridized carbons (Fsp3) is 0.143.